The SMILES string of the molecule is Cc1cc(C)c(B(c2c(C)cc(C)cc2C)c2cccc3c2ccc2c(-c4ccc(F)cc4)nc4ccccc4c23)c(C)c1. The fourth-order valence-electron chi connectivity index (χ4n) is 7.66. The van der Waals surface area contributed by atoms with E-state index in [1.54, 1.807) is 0 Å². The molecule has 1 aromatic heterocycles. The Hall–Kier alpha value is -4.76. The van der Waals surface area contributed by atoms with Gasteiger partial charge in [-0.05, 0) is 82.6 Å². The number of hydrogen-bond donors (Lipinski definition) is 0. The van der Waals surface area contributed by atoms with Gasteiger partial charge in [-0.25, -0.2) is 9.37 Å². The normalized spacial score (nSPS) is 11.5. The van der Waals surface area contributed by atoms with E-state index < -0.39 is 0 Å². The number of hydrogen-bond acceptors (Lipinski definition) is 1. The third kappa shape index (κ3) is 4.59. The van der Waals surface area contributed by atoms with E-state index in [0.29, 0.717) is 0 Å². The highest BCUT2D eigenvalue weighted by atomic mass is 19.1. The van der Waals surface area contributed by atoms with Crippen LogP contribution in [0.1, 0.15) is 33.4 Å². The van der Waals surface area contributed by atoms with Gasteiger partial charge in [0, 0.05) is 21.7 Å². The average Bonchev–Trinajstić information content (AvgIpc) is 2.99. The highest BCUT2D eigenvalue weighted by Crippen LogP contribution is 2.37. The van der Waals surface area contributed by atoms with Crippen molar-refractivity contribution in [1.82, 2.24) is 4.98 Å². The second-order valence-electron chi connectivity index (χ2n) is 12.5. The van der Waals surface area contributed by atoms with Gasteiger partial charge in [0.2, 0.25) is 6.71 Å². The third-order valence-electron chi connectivity index (χ3n) is 9.24. The molecule has 0 aliphatic rings. The highest BCUT2D eigenvalue weighted by molar-refractivity contribution is 6.98. The Labute approximate surface area is 259 Å². The molecule has 0 saturated carbocycles. The molecule has 0 unspecified atom stereocenters. The molecule has 0 atom stereocenters. The summed E-state index contributed by atoms with van der Waals surface area (Å²) in [5.41, 5.74) is 14.6. The molecule has 7 rings (SSSR count). The van der Waals surface area contributed by atoms with Gasteiger partial charge < -0.3 is 0 Å². The zero-order chi connectivity index (χ0) is 30.7. The van der Waals surface area contributed by atoms with E-state index in [4.69, 9.17) is 4.98 Å². The van der Waals surface area contributed by atoms with Crippen molar-refractivity contribution in [3.63, 3.8) is 0 Å². The molecule has 0 N–H and O–H groups in total. The van der Waals surface area contributed by atoms with Crippen molar-refractivity contribution < 1.29 is 4.39 Å². The summed E-state index contributed by atoms with van der Waals surface area (Å²) in [6.07, 6.45) is 0. The average molecular weight is 572 g/mol. The third-order valence-corrected chi connectivity index (χ3v) is 9.24. The number of halogens is 1. The van der Waals surface area contributed by atoms with Gasteiger partial charge in [0.1, 0.15) is 5.82 Å². The molecule has 0 saturated heterocycles. The molecular formula is C41H35BFN. The molecule has 0 aliphatic carbocycles. The van der Waals surface area contributed by atoms with Crippen molar-refractivity contribution in [2.24, 2.45) is 0 Å². The first-order valence-electron chi connectivity index (χ1n) is 15.4. The molecule has 0 fully saturated rings. The molecule has 0 radical (unpaired) electrons. The maximum atomic E-state index is 13.9. The lowest BCUT2D eigenvalue weighted by molar-refractivity contribution is 0.628. The van der Waals surface area contributed by atoms with Crippen molar-refractivity contribution in [2.75, 3.05) is 0 Å². The molecule has 3 heteroatoms. The minimum Gasteiger partial charge on any atom is -0.247 e. The zero-order valence-corrected chi connectivity index (χ0v) is 26.2. The molecule has 1 nitrogen and oxygen atoms in total. The van der Waals surface area contributed by atoms with E-state index in [2.05, 4.69) is 114 Å². The Morgan fingerprint density at radius 1 is 0.523 bits per heavy atom. The van der Waals surface area contributed by atoms with Gasteiger partial charge in [0.15, 0.2) is 0 Å². The van der Waals surface area contributed by atoms with Crippen LogP contribution in [-0.4, -0.2) is 11.7 Å². The van der Waals surface area contributed by atoms with Crippen molar-refractivity contribution in [3.05, 3.63) is 142 Å². The number of benzene rings is 6. The molecule has 1 heterocycles. The first kappa shape index (κ1) is 28.0. The maximum Gasteiger partial charge on any atom is 0.243 e. The fraction of sp³-hybridized carbons (Fsp3) is 0.146. The van der Waals surface area contributed by atoms with Crippen LogP contribution < -0.4 is 16.4 Å². The van der Waals surface area contributed by atoms with Gasteiger partial charge in [0.25, 0.3) is 0 Å². The van der Waals surface area contributed by atoms with Crippen LogP contribution in [0.2, 0.25) is 0 Å². The van der Waals surface area contributed by atoms with Crippen molar-refractivity contribution in [1.29, 1.82) is 0 Å². The number of fused-ring (bicyclic) bond motifs is 5. The monoisotopic (exact) mass is 571 g/mol. The van der Waals surface area contributed by atoms with Crippen LogP contribution in [0, 0.1) is 47.4 Å². The number of pyridine rings is 1. The largest absolute Gasteiger partial charge is 0.247 e. The topological polar surface area (TPSA) is 12.9 Å². The van der Waals surface area contributed by atoms with Crippen LogP contribution in [0.5, 0.6) is 0 Å². The van der Waals surface area contributed by atoms with Crippen LogP contribution in [-0.2, 0) is 0 Å². The fourth-order valence-corrected chi connectivity index (χ4v) is 7.66. The molecule has 0 aliphatic heterocycles. The Kier molecular flexibility index (Phi) is 6.85. The quantitative estimate of drug-likeness (QED) is 0.152. The summed E-state index contributed by atoms with van der Waals surface area (Å²) in [6.45, 7) is 13.5. The number of nitrogens with zero attached hydrogens (tertiary/aromatic N) is 1. The highest BCUT2D eigenvalue weighted by Gasteiger charge is 2.30. The van der Waals surface area contributed by atoms with Crippen molar-refractivity contribution >= 4 is 55.5 Å². The molecule has 0 amide bonds. The van der Waals surface area contributed by atoms with E-state index in [1.165, 1.54) is 78.1 Å². The predicted octanol–water partition coefficient (Wildman–Crippen LogP) is 8.71. The lowest BCUT2D eigenvalue weighted by atomic mass is 9.33. The molecule has 214 valence electrons. The van der Waals surface area contributed by atoms with E-state index in [9.17, 15) is 4.39 Å². The maximum absolute atomic E-state index is 13.9. The summed E-state index contributed by atoms with van der Waals surface area (Å²) in [5.74, 6) is -0.247. The van der Waals surface area contributed by atoms with Crippen LogP contribution in [0.4, 0.5) is 4.39 Å². The van der Waals surface area contributed by atoms with E-state index in [0.717, 1.165) is 27.5 Å². The summed E-state index contributed by atoms with van der Waals surface area (Å²) in [4.78, 5) is 5.10. The smallest absolute Gasteiger partial charge is 0.243 e. The first-order chi connectivity index (χ1) is 21.2. The van der Waals surface area contributed by atoms with E-state index >= 15 is 0 Å². The number of aromatic nitrogens is 1. The second-order valence-corrected chi connectivity index (χ2v) is 12.5. The van der Waals surface area contributed by atoms with E-state index in [-0.39, 0.29) is 12.5 Å². The molecule has 7 aromatic rings. The standard InChI is InChI=1S/C41H35BFN/c1-24-20-26(3)39(27(4)21-24)42(40-28(5)22-25(2)23-29(40)6)36-12-9-11-33-32(36)18-19-35-38(33)34-10-7-8-13-37(34)44-41(35)30-14-16-31(43)17-15-30/h7-23H,1-6H3. The van der Waals surface area contributed by atoms with Gasteiger partial charge in [0.05, 0.1) is 11.2 Å². The van der Waals surface area contributed by atoms with Crippen LogP contribution in [0.15, 0.2) is 103 Å². The Bertz CT molecular complexity index is 2140. The van der Waals surface area contributed by atoms with Gasteiger partial charge >= 0.3 is 0 Å². The molecular weight excluding hydrogens is 536 g/mol. The summed E-state index contributed by atoms with van der Waals surface area (Å²) < 4.78 is 13.9. The van der Waals surface area contributed by atoms with Gasteiger partial charge in [-0.3, -0.25) is 0 Å². The number of rotatable bonds is 4. The van der Waals surface area contributed by atoms with E-state index in [1.807, 2.05) is 18.2 Å². The second kappa shape index (κ2) is 10.8. The molecule has 0 spiro atoms. The minimum atomic E-state index is -0.247. The number of aryl methyl sites for hydroxylation is 6. The summed E-state index contributed by atoms with van der Waals surface area (Å²) in [7, 11) is 0. The van der Waals surface area contributed by atoms with Crippen molar-refractivity contribution in [3.8, 4) is 11.3 Å². The van der Waals surface area contributed by atoms with Crippen LogP contribution in [0.25, 0.3) is 43.7 Å². The summed E-state index contributed by atoms with van der Waals surface area (Å²) >= 11 is 0. The van der Waals surface area contributed by atoms with Crippen LogP contribution >= 0.6 is 0 Å². The Morgan fingerprint density at radius 3 is 1.68 bits per heavy atom. The lowest BCUT2D eigenvalue weighted by Crippen LogP contribution is -2.56. The molecule has 6 aromatic carbocycles. The molecule has 44 heavy (non-hydrogen) atoms. The molecule has 0 bridgehead atoms. The lowest BCUT2D eigenvalue weighted by Gasteiger charge is -2.26. The van der Waals surface area contributed by atoms with Gasteiger partial charge in [-0.15, -0.1) is 0 Å². The first-order valence-corrected chi connectivity index (χ1v) is 15.4. The van der Waals surface area contributed by atoms with Gasteiger partial charge in [-0.1, -0.05) is 123 Å². The van der Waals surface area contributed by atoms with Gasteiger partial charge in [-0.2, -0.15) is 0 Å². The zero-order valence-electron chi connectivity index (χ0n) is 26.2. The minimum absolute atomic E-state index is 0.0713. The Balaban J connectivity index is 1.61. The number of para-hydroxylation sites is 1. The Morgan fingerprint density at radius 2 is 1.07 bits per heavy atom. The summed E-state index contributed by atoms with van der Waals surface area (Å²) in [5, 5.41) is 5.82. The van der Waals surface area contributed by atoms with Crippen LogP contribution in [0.3, 0.4) is 0 Å². The van der Waals surface area contributed by atoms with Crippen molar-refractivity contribution in [2.45, 2.75) is 41.5 Å². The summed E-state index contributed by atoms with van der Waals surface area (Å²) in [6, 6.07) is 35.6. The predicted molar refractivity (Wildman–Crippen MR) is 188 cm³/mol.